The van der Waals surface area contributed by atoms with Crippen molar-refractivity contribution in [1.82, 2.24) is 0 Å². The van der Waals surface area contributed by atoms with Gasteiger partial charge < -0.3 is 4.74 Å². The minimum atomic E-state index is -0.740. The van der Waals surface area contributed by atoms with Gasteiger partial charge in [-0.15, -0.1) is 0 Å². The van der Waals surface area contributed by atoms with Crippen molar-refractivity contribution in [3.8, 4) is 0 Å². The number of methoxy groups -OCH3 is 1. The van der Waals surface area contributed by atoms with Gasteiger partial charge in [0.05, 0.1) is 12.8 Å². The summed E-state index contributed by atoms with van der Waals surface area (Å²) in [6.07, 6.45) is 0. The lowest BCUT2D eigenvalue weighted by atomic mass is 10.0. The van der Waals surface area contributed by atoms with Crippen LogP contribution in [0.3, 0.4) is 0 Å². The Bertz CT molecular complexity index is 397. The maximum Gasteiger partial charge on any atom is 0.339 e. The average Bonchev–Trinajstić information content (AvgIpc) is 2.92. The summed E-state index contributed by atoms with van der Waals surface area (Å²) in [5.41, 5.74) is 1.06. The summed E-state index contributed by atoms with van der Waals surface area (Å²) in [4.78, 5) is 15.5. The van der Waals surface area contributed by atoms with Gasteiger partial charge in [0, 0.05) is 0 Å². The van der Waals surface area contributed by atoms with Gasteiger partial charge in [0.2, 0.25) is 0 Å². The Labute approximate surface area is 82.4 Å². The molecule has 0 aromatic heterocycles. The van der Waals surface area contributed by atoms with Gasteiger partial charge in [0.1, 0.15) is 0 Å². The van der Waals surface area contributed by atoms with Crippen molar-refractivity contribution in [3.63, 3.8) is 0 Å². The van der Waals surface area contributed by atoms with Gasteiger partial charge >= 0.3 is 5.97 Å². The number of hydrogen-bond donors (Lipinski definition) is 0. The Kier molecular flexibility index (Phi) is 1.88. The van der Waals surface area contributed by atoms with E-state index in [1.165, 1.54) is 7.11 Å². The van der Waals surface area contributed by atoms with Crippen molar-refractivity contribution >= 4 is 11.7 Å². The van der Waals surface area contributed by atoms with Crippen LogP contribution >= 0.6 is 0 Å². The van der Waals surface area contributed by atoms with E-state index in [2.05, 4.69) is 9.73 Å². The maximum atomic E-state index is 11.3. The second-order valence-corrected chi connectivity index (χ2v) is 3.39. The molecule has 3 nitrogen and oxygen atoms in total. The average molecular weight is 189 g/mol. The van der Waals surface area contributed by atoms with Gasteiger partial charge in [0.25, 0.3) is 0 Å². The molecule has 0 spiro atoms. The third-order valence-corrected chi connectivity index (χ3v) is 2.38. The van der Waals surface area contributed by atoms with Crippen LogP contribution in [-0.2, 0) is 9.53 Å². The molecule has 1 unspecified atom stereocenters. The molecule has 1 aliphatic rings. The summed E-state index contributed by atoms with van der Waals surface area (Å²) >= 11 is 0. The molecule has 2 rings (SSSR count). The van der Waals surface area contributed by atoms with Gasteiger partial charge in [0.15, 0.2) is 5.54 Å². The highest BCUT2D eigenvalue weighted by Crippen LogP contribution is 2.33. The molecule has 0 aliphatic carbocycles. The van der Waals surface area contributed by atoms with Crippen LogP contribution in [0.2, 0.25) is 0 Å². The predicted octanol–water partition coefficient (Wildman–Crippen LogP) is 1.42. The molecule has 0 N–H and O–H groups in total. The molecule has 0 fully saturated rings. The van der Waals surface area contributed by atoms with Crippen molar-refractivity contribution in [2.75, 3.05) is 7.11 Å². The Morgan fingerprint density at radius 2 is 2.00 bits per heavy atom. The quantitative estimate of drug-likeness (QED) is 0.660. The topological polar surface area (TPSA) is 38.7 Å². The molecule has 0 saturated carbocycles. The minimum Gasteiger partial charge on any atom is -0.467 e. The van der Waals surface area contributed by atoms with Gasteiger partial charge in [-0.2, -0.15) is 0 Å². The maximum absolute atomic E-state index is 11.3. The van der Waals surface area contributed by atoms with Gasteiger partial charge in [-0.3, -0.25) is 4.99 Å². The van der Waals surface area contributed by atoms with Crippen LogP contribution in [0.4, 0.5) is 0 Å². The zero-order chi connectivity index (χ0) is 10.2. The Balaban J connectivity index is 2.20. The normalized spacial score (nSPS) is 24.0. The van der Waals surface area contributed by atoms with E-state index in [0.717, 1.165) is 11.3 Å². The Hall–Kier alpha value is -1.64. The molecule has 72 valence electrons. The molecular formula is C11H11NO2. The van der Waals surface area contributed by atoms with E-state index in [4.69, 9.17) is 0 Å². The molecule has 0 bridgehead atoms. The number of carbonyl (C=O) groups is 1. The fourth-order valence-electron chi connectivity index (χ4n) is 1.48. The molecule has 1 aromatic rings. The van der Waals surface area contributed by atoms with Gasteiger partial charge in [-0.25, -0.2) is 4.79 Å². The molecule has 1 atom stereocenters. The van der Waals surface area contributed by atoms with Crippen LogP contribution in [-0.4, -0.2) is 24.3 Å². The molecule has 0 amide bonds. The first-order chi connectivity index (χ1) is 6.68. The minimum absolute atomic E-state index is 0.295. The molecule has 1 aliphatic heterocycles. The summed E-state index contributed by atoms with van der Waals surface area (Å²) in [5.74, 6) is -0.295. The molecule has 14 heavy (non-hydrogen) atoms. The number of aliphatic imine (C=N–C) groups is 1. The fraction of sp³-hybridized carbons (Fsp3) is 0.273. The standard InChI is InChI=1S/C11H11NO2/c1-11(10(13)14-2)9(12-11)8-6-4-3-5-7-8/h3-7H,1-2H3. The van der Waals surface area contributed by atoms with Crippen molar-refractivity contribution in [2.45, 2.75) is 12.5 Å². The number of carbonyl (C=O) groups excluding carboxylic acids is 1. The number of hydrogen-bond acceptors (Lipinski definition) is 3. The third-order valence-electron chi connectivity index (χ3n) is 2.38. The van der Waals surface area contributed by atoms with Crippen molar-refractivity contribution in [3.05, 3.63) is 35.9 Å². The SMILES string of the molecule is COC(=O)C1(C)N=C1c1ccccc1. The van der Waals surface area contributed by atoms with E-state index in [0.29, 0.717) is 0 Å². The molecule has 1 aromatic carbocycles. The predicted molar refractivity (Wildman–Crippen MR) is 53.4 cm³/mol. The van der Waals surface area contributed by atoms with Crippen LogP contribution in [0.1, 0.15) is 12.5 Å². The van der Waals surface area contributed by atoms with Crippen molar-refractivity contribution in [1.29, 1.82) is 0 Å². The van der Waals surface area contributed by atoms with Crippen LogP contribution in [0, 0.1) is 0 Å². The summed E-state index contributed by atoms with van der Waals surface area (Å²) in [6.45, 7) is 1.77. The summed E-state index contributed by atoms with van der Waals surface area (Å²) in [6, 6.07) is 9.66. The first-order valence-electron chi connectivity index (χ1n) is 4.42. The zero-order valence-corrected chi connectivity index (χ0v) is 8.15. The van der Waals surface area contributed by atoms with E-state index < -0.39 is 5.54 Å². The van der Waals surface area contributed by atoms with Crippen LogP contribution in [0.15, 0.2) is 35.3 Å². The lowest BCUT2D eigenvalue weighted by molar-refractivity contribution is -0.142. The summed E-state index contributed by atoms with van der Waals surface area (Å²) < 4.78 is 4.68. The zero-order valence-electron chi connectivity index (χ0n) is 8.15. The van der Waals surface area contributed by atoms with Gasteiger partial charge in [-0.05, 0) is 12.5 Å². The monoisotopic (exact) mass is 189 g/mol. The second kappa shape index (κ2) is 2.94. The first kappa shape index (κ1) is 8.94. The van der Waals surface area contributed by atoms with Crippen molar-refractivity contribution in [2.24, 2.45) is 4.99 Å². The van der Waals surface area contributed by atoms with Crippen molar-refractivity contribution < 1.29 is 9.53 Å². The van der Waals surface area contributed by atoms with Crippen LogP contribution in [0.5, 0.6) is 0 Å². The highest BCUT2D eigenvalue weighted by atomic mass is 16.5. The van der Waals surface area contributed by atoms with E-state index in [1.807, 2.05) is 30.3 Å². The van der Waals surface area contributed by atoms with E-state index >= 15 is 0 Å². The fourth-order valence-corrected chi connectivity index (χ4v) is 1.48. The van der Waals surface area contributed by atoms with E-state index in [9.17, 15) is 4.79 Å². The highest BCUT2D eigenvalue weighted by molar-refractivity contribution is 6.28. The molecule has 0 saturated heterocycles. The number of ether oxygens (including phenoxy) is 1. The number of esters is 1. The Morgan fingerprint density at radius 1 is 1.36 bits per heavy atom. The number of rotatable bonds is 2. The smallest absolute Gasteiger partial charge is 0.339 e. The second-order valence-electron chi connectivity index (χ2n) is 3.39. The highest BCUT2D eigenvalue weighted by Gasteiger charge is 2.51. The number of benzene rings is 1. The largest absolute Gasteiger partial charge is 0.467 e. The molecule has 1 heterocycles. The molecule has 0 radical (unpaired) electrons. The van der Waals surface area contributed by atoms with E-state index in [-0.39, 0.29) is 5.97 Å². The number of nitrogens with zero attached hydrogens (tertiary/aromatic N) is 1. The summed E-state index contributed by atoms with van der Waals surface area (Å²) in [5, 5.41) is 0. The molecule has 3 heteroatoms. The lowest BCUT2D eigenvalue weighted by Gasteiger charge is -2.05. The Morgan fingerprint density at radius 3 is 2.57 bits per heavy atom. The van der Waals surface area contributed by atoms with Gasteiger partial charge in [-0.1, -0.05) is 30.3 Å². The summed E-state index contributed by atoms with van der Waals surface area (Å²) in [7, 11) is 1.38. The first-order valence-corrected chi connectivity index (χ1v) is 4.42. The van der Waals surface area contributed by atoms with Crippen LogP contribution < -0.4 is 0 Å². The van der Waals surface area contributed by atoms with E-state index in [1.54, 1.807) is 6.92 Å². The van der Waals surface area contributed by atoms with Crippen LogP contribution in [0.25, 0.3) is 0 Å². The third kappa shape index (κ3) is 1.21. The lowest BCUT2D eigenvalue weighted by Crippen LogP contribution is -2.28. The molecular weight excluding hydrogens is 178 g/mol.